The summed E-state index contributed by atoms with van der Waals surface area (Å²) in [5.41, 5.74) is 16.6. The molecule has 4 N–H and O–H groups in total. The summed E-state index contributed by atoms with van der Waals surface area (Å²) < 4.78 is 2.07. The zero-order chi connectivity index (χ0) is 35.0. The van der Waals surface area contributed by atoms with E-state index in [1.165, 1.54) is 0 Å². The Hall–Kier alpha value is -7.09. The molecule has 7 aromatic carbocycles. The molecule has 0 unspecified atom stereocenters. The van der Waals surface area contributed by atoms with Gasteiger partial charge < -0.3 is 5.73 Å². The molecule has 0 radical (unpaired) electrons. The molecule has 9 aromatic rings. The fourth-order valence-corrected chi connectivity index (χ4v) is 6.89. The minimum Gasteiger partial charge on any atom is -0.397 e. The number of hydrogen-bond acceptors (Lipinski definition) is 6. The fourth-order valence-electron chi connectivity index (χ4n) is 6.89. The molecule has 0 saturated heterocycles. The van der Waals surface area contributed by atoms with Gasteiger partial charge in [-0.2, -0.15) is 9.97 Å². The topological polar surface area (TPSA) is 98.9 Å². The van der Waals surface area contributed by atoms with Gasteiger partial charge in [-0.1, -0.05) is 133 Å². The largest absolute Gasteiger partial charge is 0.397 e. The molecular formula is C45H33N7. The van der Waals surface area contributed by atoms with Gasteiger partial charge in [-0.3, -0.25) is 9.58 Å². The zero-order valence-corrected chi connectivity index (χ0v) is 28.1. The summed E-state index contributed by atoms with van der Waals surface area (Å²) in [6, 6.07) is 59.3. The van der Waals surface area contributed by atoms with E-state index in [0.717, 1.165) is 60.9 Å². The van der Waals surface area contributed by atoms with Crippen molar-refractivity contribution in [1.29, 1.82) is 0 Å². The predicted octanol–water partition coefficient (Wildman–Crippen LogP) is 10.2. The molecule has 0 amide bonds. The van der Waals surface area contributed by atoms with Gasteiger partial charge in [0, 0.05) is 21.9 Å². The van der Waals surface area contributed by atoms with E-state index < -0.39 is 0 Å². The Morgan fingerprint density at radius 2 is 0.942 bits per heavy atom. The number of anilines is 3. The Balaban J connectivity index is 1.33. The van der Waals surface area contributed by atoms with Crippen molar-refractivity contribution in [2.75, 3.05) is 10.7 Å². The van der Waals surface area contributed by atoms with Crippen LogP contribution in [0, 0.1) is 0 Å². The normalized spacial score (nSPS) is 11.2. The van der Waals surface area contributed by atoms with Crippen LogP contribution in [0.4, 0.5) is 17.1 Å². The Morgan fingerprint density at radius 1 is 0.442 bits per heavy atom. The minimum atomic E-state index is 0.453. The van der Waals surface area contributed by atoms with E-state index >= 15 is 0 Å². The van der Waals surface area contributed by atoms with E-state index in [0.29, 0.717) is 29.0 Å². The molecule has 0 fully saturated rings. The molecule has 2 aromatic heterocycles. The van der Waals surface area contributed by atoms with Gasteiger partial charge in [0.2, 0.25) is 5.95 Å². The molecule has 9 rings (SSSR count). The summed E-state index contributed by atoms with van der Waals surface area (Å²) in [5.74, 6) is 8.47. The molecule has 0 spiro atoms. The highest BCUT2D eigenvalue weighted by atomic mass is 15.4. The highest BCUT2D eigenvalue weighted by molar-refractivity contribution is 6.15. The molecule has 2 heterocycles. The summed E-state index contributed by atoms with van der Waals surface area (Å²) in [4.78, 5) is 15.6. The van der Waals surface area contributed by atoms with Gasteiger partial charge in [-0.25, -0.2) is 10.8 Å². The van der Waals surface area contributed by atoms with Gasteiger partial charge in [0.15, 0.2) is 11.6 Å². The second kappa shape index (κ2) is 13.0. The molecule has 0 saturated carbocycles. The number of nitrogens with two attached hydrogens (primary N) is 2. The highest BCUT2D eigenvalue weighted by Gasteiger charge is 2.23. The molecule has 248 valence electrons. The van der Waals surface area contributed by atoms with Crippen molar-refractivity contribution in [3.8, 4) is 51.0 Å². The van der Waals surface area contributed by atoms with Gasteiger partial charge in [0.05, 0.1) is 22.4 Å². The van der Waals surface area contributed by atoms with Crippen LogP contribution in [0.5, 0.6) is 0 Å². The smallest absolute Gasteiger partial charge is 0.238 e. The van der Waals surface area contributed by atoms with Crippen molar-refractivity contribution in [2.45, 2.75) is 0 Å². The van der Waals surface area contributed by atoms with Crippen molar-refractivity contribution in [2.24, 2.45) is 5.84 Å². The molecule has 0 aliphatic heterocycles. The van der Waals surface area contributed by atoms with Gasteiger partial charge in [-0.15, -0.1) is 0 Å². The molecule has 7 nitrogen and oxygen atoms in total. The van der Waals surface area contributed by atoms with E-state index in [4.69, 9.17) is 26.5 Å². The first-order chi connectivity index (χ1) is 25.6. The van der Waals surface area contributed by atoms with Crippen molar-refractivity contribution in [3.05, 3.63) is 176 Å². The SMILES string of the molecule is Nc1ccc2c3ccccc3n(-c3nc(-c4cccc(-c5ccccc5)c4)nc(-c4cccc(-c5ccccc5)c4)n3)c2c1N(N)c1ccccc1. The lowest BCUT2D eigenvalue weighted by molar-refractivity contribution is 0.950. The zero-order valence-electron chi connectivity index (χ0n) is 28.1. The number of hydrazine groups is 1. The molecule has 0 aliphatic rings. The number of para-hydroxylation sites is 2. The number of nitrogen functional groups attached to an aromatic ring is 1. The van der Waals surface area contributed by atoms with Crippen LogP contribution in [0.25, 0.3) is 72.8 Å². The average Bonchev–Trinajstić information content (AvgIpc) is 3.56. The van der Waals surface area contributed by atoms with Crippen LogP contribution in [0.1, 0.15) is 0 Å². The monoisotopic (exact) mass is 671 g/mol. The van der Waals surface area contributed by atoms with Crippen LogP contribution < -0.4 is 16.6 Å². The third-order valence-electron chi connectivity index (χ3n) is 9.40. The Bertz CT molecular complexity index is 2610. The second-order valence-electron chi connectivity index (χ2n) is 12.6. The number of benzene rings is 7. The molecule has 7 heteroatoms. The Labute approximate surface area is 301 Å². The first-order valence-electron chi connectivity index (χ1n) is 17.1. The number of hydrogen-bond donors (Lipinski definition) is 2. The summed E-state index contributed by atoms with van der Waals surface area (Å²) in [5, 5.41) is 3.65. The lowest BCUT2D eigenvalue weighted by atomic mass is 10.0. The molecule has 0 atom stereocenters. The van der Waals surface area contributed by atoms with Gasteiger partial charge in [-0.05, 0) is 64.7 Å². The van der Waals surface area contributed by atoms with Crippen LogP contribution in [-0.4, -0.2) is 19.5 Å². The summed E-state index contributed by atoms with van der Waals surface area (Å²) in [7, 11) is 0. The average molecular weight is 672 g/mol. The van der Waals surface area contributed by atoms with E-state index in [1.54, 1.807) is 5.01 Å². The highest BCUT2D eigenvalue weighted by Crippen LogP contribution is 2.42. The maximum atomic E-state index is 6.92. The van der Waals surface area contributed by atoms with Crippen LogP contribution >= 0.6 is 0 Å². The Morgan fingerprint density at radius 3 is 1.54 bits per heavy atom. The summed E-state index contributed by atoms with van der Waals surface area (Å²) >= 11 is 0. The van der Waals surface area contributed by atoms with E-state index in [-0.39, 0.29) is 0 Å². The number of aromatic nitrogens is 4. The standard InChI is InChI=1S/C45H33N7/c46-39-27-26-38-37-24-10-11-25-40(37)51(41(38)42(39)52(47)36-22-8-3-9-23-36)45-49-43(34-20-12-18-32(28-34)30-14-4-1-5-15-30)48-44(50-45)35-21-13-19-33(29-35)31-16-6-2-7-17-31/h1-29H,46-47H2. The third-order valence-corrected chi connectivity index (χ3v) is 9.40. The molecule has 0 bridgehead atoms. The second-order valence-corrected chi connectivity index (χ2v) is 12.6. The molecular weight excluding hydrogens is 639 g/mol. The van der Waals surface area contributed by atoms with Gasteiger partial charge in [0.1, 0.15) is 5.69 Å². The van der Waals surface area contributed by atoms with Crippen molar-refractivity contribution >= 4 is 38.9 Å². The molecule has 0 aliphatic carbocycles. The third kappa shape index (κ3) is 5.51. The van der Waals surface area contributed by atoms with E-state index in [9.17, 15) is 0 Å². The van der Waals surface area contributed by atoms with Crippen molar-refractivity contribution < 1.29 is 0 Å². The lowest BCUT2D eigenvalue weighted by Gasteiger charge is -2.23. The minimum absolute atomic E-state index is 0.453. The quantitative estimate of drug-likeness (QED) is 0.0994. The van der Waals surface area contributed by atoms with Crippen LogP contribution in [-0.2, 0) is 0 Å². The van der Waals surface area contributed by atoms with Crippen LogP contribution in [0.2, 0.25) is 0 Å². The van der Waals surface area contributed by atoms with E-state index in [2.05, 4.69) is 65.2 Å². The van der Waals surface area contributed by atoms with Gasteiger partial charge in [0.25, 0.3) is 0 Å². The summed E-state index contributed by atoms with van der Waals surface area (Å²) in [6.45, 7) is 0. The maximum Gasteiger partial charge on any atom is 0.238 e. The first kappa shape index (κ1) is 30.9. The Kier molecular flexibility index (Phi) is 7.72. The summed E-state index contributed by atoms with van der Waals surface area (Å²) in [6.07, 6.45) is 0. The lowest BCUT2D eigenvalue weighted by Crippen LogP contribution is -2.26. The first-order valence-corrected chi connectivity index (χ1v) is 17.1. The van der Waals surface area contributed by atoms with Crippen LogP contribution in [0.3, 0.4) is 0 Å². The fraction of sp³-hybridized carbons (Fsp3) is 0. The van der Waals surface area contributed by atoms with Crippen LogP contribution in [0.15, 0.2) is 176 Å². The maximum absolute atomic E-state index is 6.92. The van der Waals surface area contributed by atoms with Crippen molar-refractivity contribution in [3.63, 3.8) is 0 Å². The van der Waals surface area contributed by atoms with E-state index in [1.807, 2.05) is 115 Å². The van der Waals surface area contributed by atoms with Crippen molar-refractivity contribution in [1.82, 2.24) is 19.5 Å². The number of nitrogens with zero attached hydrogens (tertiary/aromatic N) is 5. The number of rotatable bonds is 7. The predicted molar refractivity (Wildman–Crippen MR) is 213 cm³/mol. The number of fused-ring (bicyclic) bond motifs is 3. The molecule has 52 heavy (non-hydrogen) atoms. The van der Waals surface area contributed by atoms with Gasteiger partial charge >= 0.3 is 0 Å².